The molecule has 0 unspecified atom stereocenters. The van der Waals surface area contributed by atoms with Gasteiger partial charge in [-0.3, -0.25) is 0 Å². The summed E-state index contributed by atoms with van der Waals surface area (Å²) in [5.74, 6) is 1.58. The SMILES string of the molecule is CCOC(=O)c1cccc(-c2cn(CC3CCCCC3)c(C(C)(C)C)n2)c1. The molecule has 0 spiro atoms. The molecule has 27 heavy (non-hydrogen) atoms. The highest BCUT2D eigenvalue weighted by atomic mass is 16.5. The van der Waals surface area contributed by atoms with Crippen LogP contribution >= 0.6 is 0 Å². The van der Waals surface area contributed by atoms with Crippen LogP contribution in [0, 0.1) is 5.92 Å². The lowest BCUT2D eigenvalue weighted by atomic mass is 9.88. The predicted octanol–water partition coefficient (Wildman–Crippen LogP) is 5.60. The lowest BCUT2D eigenvalue weighted by Crippen LogP contribution is -2.22. The van der Waals surface area contributed by atoms with E-state index in [-0.39, 0.29) is 11.4 Å². The molecule has 1 aliphatic carbocycles. The average molecular weight is 369 g/mol. The van der Waals surface area contributed by atoms with Crippen molar-refractivity contribution in [2.75, 3.05) is 6.61 Å². The molecule has 1 fully saturated rings. The molecule has 2 aromatic rings. The Morgan fingerprint density at radius 1 is 1.22 bits per heavy atom. The Kier molecular flexibility index (Phi) is 6.03. The maximum Gasteiger partial charge on any atom is 0.338 e. The van der Waals surface area contributed by atoms with Crippen molar-refractivity contribution in [2.24, 2.45) is 5.92 Å². The second-order valence-electron chi connectivity index (χ2n) is 8.66. The van der Waals surface area contributed by atoms with E-state index in [1.807, 2.05) is 25.1 Å². The third kappa shape index (κ3) is 4.79. The molecule has 146 valence electrons. The van der Waals surface area contributed by atoms with Crippen LogP contribution in [0.3, 0.4) is 0 Å². The van der Waals surface area contributed by atoms with Crippen LogP contribution in [0.1, 0.15) is 76.0 Å². The molecule has 1 aromatic carbocycles. The number of rotatable bonds is 5. The van der Waals surface area contributed by atoms with Crippen LogP contribution < -0.4 is 0 Å². The van der Waals surface area contributed by atoms with E-state index in [2.05, 4.69) is 31.5 Å². The molecule has 1 aliphatic rings. The van der Waals surface area contributed by atoms with Gasteiger partial charge in [0.2, 0.25) is 0 Å². The molecular weight excluding hydrogens is 336 g/mol. The van der Waals surface area contributed by atoms with Crippen molar-refractivity contribution in [3.63, 3.8) is 0 Å². The van der Waals surface area contributed by atoms with E-state index in [0.717, 1.165) is 29.5 Å². The number of hydrogen-bond acceptors (Lipinski definition) is 3. The lowest BCUT2D eigenvalue weighted by Gasteiger charge is -2.25. The number of carbonyl (C=O) groups excluding carboxylic acids is 1. The first kappa shape index (κ1) is 19.7. The Balaban J connectivity index is 1.92. The van der Waals surface area contributed by atoms with Gasteiger partial charge in [-0.25, -0.2) is 9.78 Å². The Morgan fingerprint density at radius 3 is 2.63 bits per heavy atom. The average Bonchev–Trinajstić information content (AvgIpc) is 3.07. The van der Waals surface area contributed by atoms with Crippen molar-refractivity contribution in [1.29, 1.82) is 0 Å². The largest absolute Gasteiger partial charge is 0.462 e. The fourth-order valence-corrected chi connectivity index (χ4v) is 3.96. The summed E-state index contributed by atoms with van der Waals surface area (Å²) in [6.45, 7) is 9.89. The number of ether oxygens (including phenoxy) is 1. The molecular formula is C23H32N2O2. The molecule has 0 aliphatic heterocycles. The maximum atomic E-state index is 12.1. The molecule has 1 saturated carbocycles. The number of imidazole rings is 1. The zero-order valence-corrected chi connectivity index (χ0v) is 17.1. The normalized spacial score (nSPS) is 15.7. The van der Waals surface area contributed by atoms with Gasteiger partial charge in [-0.05, 0) is 37.8 Å². The summed E-state index contributed by atoms with van der Waals surface area (Å²) >= 11 is 0. The van der Waals surface area contributed by atoms with Gasteiger partial charge in [-0.15, -0.1) is 0 Å². The van der Waals surface area contributed by atoms with Crippen LogP contribution in [0.2, 0.25) is 0 Å². The number of aromatic nitrogens is 2. The zero-order valence-electron chi connectivity index (χ0n) is 17.1. The van der Waals surface area contributed by atoms with Crippen LogP contribution in [-0.2, 0) is 16.7 Å². The highest BCUT2D eigenvalue weighted by molar-refractivity contribution is 5.90. The van der Waals surface area contributed by atoms with Gasteiger partial charge in [0, 0.05) is 23.7 Å². The molecule has 0 saturated heterocycles. The van der Waals surface area contributed by atoms with E-state index in [1.165, 1.54) is 32.1 Å². The molecule has 3 rings (SSSR count). The number of hydrogen-bond donors (Lipinski definition) is 0. The van der Waals surface area contributed by atoms with Gasteiger partial charge >= 0.3 is 5.97 Å². The zero-order chi connectivity index (χ0) is 19.4. The summed E-state index contributed by atoms with van der Waals surface area (Å²) in [7, 11) is 0. The van der Waals surface area contributed by atoms with Gasteiger partial charge in [-0.2, -0.15) is 0 Å². The fourth-order valence-electron chi connectivity index (χ4n) is 3.96. The second kappa shape index (κ2) is 8.28. The summed E-state index contributed by atoms with van der Waals surface area (Å²) < 4.78 is 7.49. The molecule has 1 aromatic heterocycles. The Morgan fingerprint density at radius 2 is 1.96 bits per heavy atom. The van der Waals surface area contributed by atoms with Gasteiger partial charge < -0.3 is 9.30 Å². The molecule has 0 atom stereocenters. The molecule has 1 heterocycles. The Bertz CT molecular complexity index is 780. The van der Waals surface area contributed by atoms with Gasteiger partial charge in [0.25, 0.3) is 0 Å². The molecule has 0 radical (unpaired) electrons. The summed E-state index contributed by atoms with van der Waals surface area (Å²) in [5.41, 5.74) is 2.45. The topological polar surface area (TPSA) is 44.1 Å². The van der Waals surface area contributed by atoms with Crippen molar-refractivity contribution in [1.82, 2.24) is 9.55 Å². The number of nitrogens with zero attached hydrogens (tertiary/aromatic N) is 2. The van der Waals surface area contributed by atoms with Crippen molar-refractivity contribution >= 4 is 5.97 Å². The van der Waals surface area contributed by atoms with Crippen molar-refractivity contribution in [3.05, 3.63) is 41.9 Å². The highest BCUT2D eigenvalue weighted by Crippen LogP contribution is 2.31. The number of benzene rings is 1. The standard InChI is InChI=1S/C23H32N2O2/c1-5-27-21(26)19-13-9-12-18(14-19)20-16-25(22(24-20)23(2,3)4)15-17-10-7-6-8-11-17/h9,12-14,16-17H,5-8,10-11,15H2,1-4H3. The first-order valence-electron chi connectivity index (χ1n) is 10.2. The minimum absolute atomic E-state index is 0.0222. The van der Waals surface area contributed by atoms with Gasteiger partial charge in [0.05, 0.1) is 17.9 Å². The van der Waals surface area contributed by atoms with Crippen LogP contribution in [0.4, 0.5) is 0 Å². The molecule has 0 amide bonds. The third-order valence-electron chi connectivity index (χ3n) is 5.30. The first-order valence-corrected chi connectivity index (χ1v) is 10.2. The van der Waals surface area contributed by atoms with Crippen LogP contribution in [0.25, 0.3) is 11.3 Å². The van der Waals surface area contributed by atoms with E-state index >= 15 is 0 Å². The number of carbonyl (C=O) groups is 1. The minimum Gasteiger partial charge on any atom is -0.462 e. The van der Waals surface area contributed by atoms with E-state index in [1.54, 1.807) is 6.07 Å². The van der Waals surface area contributed by atoms with Crippen LogP contribution in [0.5, 0.6) is 0 Å². The van der Waals surface area contributed by atoms with Crippen molar-refractivity contribution < 1.29 is 9.53 Å². The van der Waals surface area contributed by atoms with Crippen molar-refractivity contribution in [3.8, 4) is 11.3 Å². The van der Waals surface area contributed by atoms with Gasteiger partial charge in [0.15, 0.2) is 0 Å². The van der Waals surface area contributed by atoms with E-state index < -0.39 is 0 Å². The van der Waals surface area contributed by atoms with Gasteiger partial charge in [-0.1, -0.05) is 52.2 Å². The first-order chi connectivity index (χ1) is 12.9. The van der Waals surface area contributed by atoms with E-state index in [0.29, 0.717) is 12.2 Å². The lowest BCUT2D eigenvalue weighted by molar-refractivity contribution is 0.0526. The molecule has 0 N–H and O–H groups in total. The molecule has 4 nitrogen and oxygen atoms in total. The van der Waals surface area contributed by atoms with Crippen molar-refractivity contribution in [2.45, 2.75) is 71.8 Å². The third-order valence-corrected chi connectivity index (χ3v) is 5.30. The Hall–Kier alpha value is -2.10. The van der Waals surface area contributed by atoms with E-state index in [4.69, 9.17) is 9.72 Å². The maximum absolute atomic E-state index is 12.1. The number of esters is 1. The summed E-state index contributed by atoms with van der Waals surface area (Å²) in [4.78, 5) is 17.0. The van der Waals surface area contributed by atoms with Crippen LogP contribution in [0.15, 0.2) is 30.5 Å². The van der Waals surface area contributed by atoms with Crippen LogP contribution in [-0.4, -0.2) is 22.1 Å². The summed E-state index contributed by atoms with van der Waals surface area (Å²) in [6, 6.07) is 7.60. The Labute approximate surface area is 163 Å². The highest BCUT2D eigenvalue weighted by Gasteiger charge is 2.24. The van der Waals surface area contributed by atoms with E-state index in [9.17, 15) is 4.79 Å². The quantitative estimate of drug-likeness (QED) is 0.645. The molecule has 0 bridgehead atoms. The monoisotopic (exact) mass is 368 g/mol. The second-order valence-corrected chi connectivity index (χ2v) is 8.66. The smallest absolute Gasteiger partial charge is 0.338 e. The predicted molar refractivity (Wildman–Crippen MR) is 109 cm³/mol. The molecule has 4 heteroatoms. The van der Waals surface area contributed by atoms with Gasteiger partial charge in [0.1, 0.15) is 5.82 Å². The summed E-state index contributed by atoms with van der Waals surface area (Å²) in [5, 5.41) is 0. The minimum atomic E-state index is -0.281. The fraction of sp³-hybridized carbons (Fsp3) is 0.565. The summed E-state index contributed by atoms with van der Waals surface area (Å²) in [6.07, 6.45) is 8.86.